The maximum Gasteiger partial charge on any atom is 0.143 e. The predicted octanol–water partition coefficient (Wildman–Crippen LogP) is 3.33. The molecule has 0 aromatic heterocycles. The van der Waals surface area contributed by atoms with E-state index in [2.05, 4.69) is 11.9 Å². The molecule has 0 atom stereocenters. The van der Waals surface area contributed by atoms with E-state index >= 15 is 0 Å². The summed E-state index contributed by atoms with van der Waals surface area (Å²) < 4.78 is 5.48. The van der Waals surface area contributed by atoms with Crippen molar-refractivity contribution in [2.24, 2.45) is 0 Å². The van der Waals surface area contributed by atoms with Crippen LogP contribution in [0, 0.1) is 0 Å². The Hall–Kier alpha value is -0.770. The van der Waals surface area contributed by atoms with Crippen LogP contribution in [-0.4, -0.2) is 36.2 Å². The number of benzene rings is 1. The van der Waals surface area contributed by atoms with Crippen LogP contribution in [0.4, 0.5) is 0 Å². The molecule has 1 saturated heterocycles. The molecular weight excluding hydrogens is 262 g/mol. The summed E-state index contributed by atoms with van der Waals surface area (Å²) in [7, 11) is 2.17. The number of rotatable bonds is 3. The average molecular weight is 286 g/mol. The second-order valence-electron chi connectivity index (χ2n) is 5.06. The number of aliphatic hydroxyl groups is 1. The van der Waals surface area contributed by atoms with Crippen molar-refractivity contribution in [3.63, 3.8) is 0 Å². The van der Waals surface area contributed by atoms with Gasteiger partial charge in [-0.1, -0.05) is 23.7 Å². The normalized spacial score (nSPS) is 15.3. The number of aliphatic hydroxyl groups excluding tert-OH is 1. The van der Waals surface area contributed by atoms with Crippen molar-refractivity contribution in [2.45, 2.75) is 39.4 Å². The number of likely N-dealkylation sites (tertiary alicyclic amines) is 1. The summed E-state index contributed by atoms with van der Waals surface area (Å²) in [5, 5.41) is 9.56. The van der Waals surface area contributed by atoms with Crippen molar-refractivity contribution in [3.8, 4) is 5.75 Å². The molecule has 3 nitrogen and oxygen atoms in total. The summed E-state index contributed by atoms with van der Waals surface area (Å²) in [6.45, 7) is 6.43. The van der Waals surface area contributed by atoms with Crippen molar-refractivity contribution in [2.75, 3.05) is 20.1 Å². The average Bonchev–Trinajstić information content (AvgIpc) is 2.83. The molecule has 1 aliphatic rings. The van der Waals surface area contributed by atoms with Crippen LogP contribution in [-0.2, 0) is 6.61 Å². The van der Waals surface area contributed by atoms with Crippen LogP contribution in [0.1, 0.15) is 32.3 Å². The number of para-hydroxylation sites is 1. The smallest absolute Gasteiger partial charge is 0.143 e. The Kier molecular flexibility index (Phi) is 7.21. The molecule has 1 heterocycles. The van der Waals surface area contributed by atoms with Gasteiger partial charge >= 0.3 is 0 Å². The third-order valence-electron chi connectivity index (χ3n) is 2.90. The molecule has 1 aromatic carbocycles. The van der Waals surface area contributed by atoms with Gasteiger partial charge < -0.3 is 14.7 Å². The molecule has 0 radical (unpaired) electrons. The number of ether oxygens (including phenoxy) is 1. The van der Waals surface area contributed by atoms with Gasteiger partial charge in [0.25, 0.3) is 0 Å². The molecule has 19 heavy (non-hydrogen) atoms. The quantitative estimate of drug-likeness (QED) is 0.925. The Morgan fingerprint density at radius 3 is 2.37 bits per heavy atom. The Bertz CT molecular complexity index is 376. The molecule has 1 aliphatic heterocycles. The van der Waals surface area contributed by atoms with Crippen LogP contribution in [0.2, 0.25) is 5.02 Å². The van der Waals surface area contributed by atoms with E-state index in [1.54, 1.807) is 18.2 Å². The lowest BCUT2D eigenvalue weighted by molar-refractivity contribution is 0.226. The molecule has 0 spiro atoms. The summed E-state index contributed by atoms with van der Waals surface area (Å²) >= 11 is 5.92. The summed E-state index contributed by atoms with van der Waals surface area (Å²) in [6.07, 6.45) is 2.89. The van der Waals surface area contributed by atoms with E-state index < -0.39 is 0 Å². The first kappa shape index (κ1) is 16.3. The Labute approximate surface area is 121 Å². The molecule has 1 fully saturated rings. The third-order valence-corrected chi connectivity index (χ3v) is 3.20. The highest BCUT2D eigenvalue weighted by molar-refractivity contribution is 6.32. The molecule has 1 aromatic rings. The molecule has 0 bridgehead atoms. The van der Waals surface area contributed by atoms with Gasteiger partial charge in [-0.15, -0.1) is 0 Å². The highest BCUT2D eigenvalue weighted by Gasteiger charge is 2.08. The lowest BCUT2D eigenvalue weighted by atomic mass is 10.2. The van der Waals surface area contributed by atoms with Gasteiger partial charge in [0, 0.05) is 5.56 Å². The van der Waals surface area contributed by atoms with Crippen molar-refractivity contribution < 1.29 is 9.84 Å². The highest BCUT2D eigenvalue weighted by atomic mass is 35.5. The summed E-state index contributed by atoms with van der Waals surface area (Å²) in [6, 6.07) is 5.34. The van der Waals surface area contributed by atoms with E-state index in [9.17, 15) is 0 Å². The van der Waals surface area contributed by atoms with Crippen LogP contribution >= 0.6 is 11.6 Å². The number of hydrogen-bond donors (Lipinski definition) is 1. The van der Waals surface area contributed by atoms with Crippen molar-refractivity contribution in [1.82, 2.24) is 4.90 Å². The number of nitrogens with zero attached hydrogens (tertiary/aromatic N) is 1. The molecule has 0 aliphatic carbocycles. The predicted molar refractivity (Wildman–Crippen MR) is 79.9 cm³/mol. The molecule has 4 heteroatoms. The second-order valence-corrected chi connectivity index (χ2v) is 5.47. The van der Waals surface area contributed by atoms with Crippen molar-refractivity contribution in [3.05, 3.63) is 28.8 Å². The first-order chi connectivity index (χ1) is 9.04. The number of hydrogen-bond acceptors (Lipinski definition) is 3. The van der Waals surface area contributed by atoms with E-state index in [4.69, 9.17) is 21.4 Å². The monoisotopic (exact) mass is 285 g/mol. The van der Waals surface area contributed by atoms with E-state index in [-0.39, 0.29) is 12.7 Å². The molecule has 0 saturated carbocycles. The van der Waals surface area contributed by atoms with Gasteiger partial charge in [-0.05, 0) is 52.9 Å². The fourth-order valence-electron chi connectivity index (χ4n) is 1.92. The standard InChI is InChI=1S/C10H13ClO2.C5H11N/c1-7(2)13-10-8(6-12)4-3-5-9(10)11;1-6-4-2-3-5-6/h3-5,7,12H,6H2,1-2H3;2-5H2,1H3. The van der Waals surface area contributed by atoms with Gasteiger partial charge in [0.15, 0.2) is 0 Å². The van der Waals surface area contributed by atoms with Crippen LogP contribution in [0.25, 0.3) is 0 Å². The summed E-state index contributed by atoms with van der Waals surface area (Å²) in [5.74, 6) is 0.585. The van der Waals surface area contributed by atoms with Crippen LogP contribution < -0.4 is 4.74 Å². The Morgan fingerprint density at radius 2 is 1.95 bits per heavy atom. The molecule has 0 amide bonds. The molecule has 0 unspecified atom stereocenters. The van der Waals surface area contributed by atoms with E-state index in [0.29, 0.717) is 10.8 Å². The second kappa shape index (κ2) is 8.41. The number of halogens is 1. The van der Waals surface area contributed by atoms with Gasteiger partial charge in [0.1, 0.15) is 5.75 Å². The SMILES string of the molecule is CC(C)Oc1c(Cl)cccc1CO.CN1CCCC1. The lowest BCUT2D eigenvalue weighted by Crippen LogP contribution is -2.10. The zero-order valence-electron chi connectivity index (χ0n) is 12.0. The van der Waals surface area contributed by atoms with E-state index in [0.717, 1.165) is 5.56 Å². The molecular formula is C15H24ClNO2. The van der Waals surface area contributed by atoms with Gasteiger partial charge in [-0.3, -0.25) is 0 Å². The van der Waals surface area contributed by atoms with Crippen LogP contribution in [0.3, 0.4) is 0 Å². The fraction of sp³-hybridized carbons (Fsp3) is 0.600. The first-order valence-electron chi connectivity index (χ1n) is 6.78. The maximum absolute atomic E-state index is 9.02. The topological polar surface area (TPSA) is 32.7 Å². The largest absolute Gasteiger partial charge is 0.489 e. The van der Waals surface area contributed by atoms with Gasteiger partial charge in [0.2, 0.25) is 0 Å². The summed E-state index contributed by atoms with van der Waals surface area (Å²) in [4.78, 5) is 2.36. The minimum absolute atomic E-state index is 0.0530. The Balaban J connectivity index is 0.000000250. The van der Waals surface area contributed by atoms with E-state index in [1.807, 2.05) is 13.8 Å². The molecule has 1 N–H and O–H groups in total. The van der Waals surface area contributed by atoms with Crippen molar-refractivity contribution >= 4 is 11.6 Å². The third kappa shape index (κ3) is 5.81. The zero-order valence-corrected chi connectivity index (χ0v) is 12.8. The minimum atomic E-state index is -0.0530. The lowest BCUT2D eigenvalue weighted by Gasteiger charge is -2.14. The maximum atomic E-state index is 9.02. The molecule has 2 rings (SSSR count). The first-order valence-corrected chi connectivity index (χ1v) is 7.15. The van der Waals surface area contributed by atoms with Gasteiger partial charge in [-0.2, -0.15) is 0 Å². The van der Waals surface area contributed by atoms with Crippen molar-refractivity contribution in [1.29, 1.82) is 0 Å². The highest BCUT2D eigenvalue weighted by Crippen LogP contribution is 2.29. The van der Waals surface area contributed by atoms with Crippen LogP contribution in [0.5, 0.6) is 5.75 Å². The Morgan fingerprint density at radius 1 is 1.32 bits per heavy atom. The fourth-order valence-corrected chi connectivity index (χ4v) is 2.16. The van der Waals surface area contributed by atoms with Crippen LogP contribution in [0.15, 0.2) is 18.2 Å². The van der Waals surface area contributed by atoms with Gasteiger partial charge in [-0.25, -0.2) is 0 Å². The zero-order chi connectivity index (χ0) is 14.3. The summed E-state index contributed by atoms with van der Waals surface area (Å²) in [5.41, 5.74) is 0.723. The van der Waals surface area contributed by atoms with Gasteiger partial charge in [0.05, 0.1) is 17.7 Å². The minimum Gasteiger partial charge on any atom is -0.489 e. The van der Waals surface area contributed by atoms with E-state index in [1.165, 1.54) is 25.9 Å². The molecule has 108 valence electrons.